The summed E-state index contributed by atoms with van der Waals surface area (Å²) in [7, 11) is 3.04. The number of aryl methyl sites for hydroxylation is 1. The van der Waals surface area contributed by atoms with Crippen molar-refractivity contribution in [1.82, 2.24) is 15.0 Å². The van der Waals surface area contributed by atoms with Gasteiger partial charge in [0.1, 0.15) is 0 Å². The van der Waals surface area contributed by atoms with Crippen LogP contribution in [0.1, 0.15) is 25.2 Å². The summed E-state index contributed by atoms with van der Waals surface area (Å²) < 4.78 is 15.8. The number of benzene rings is 1. The summed E-state index contributed by atoms with van der Waals surface area (Å²) in [6, 6.07) is 3.60. The summed E-state index contributed by atoms with van der Waals surface area (Å²) in [5.41, 5.74) is 6.51. The molecule has 0 unspecified atom stereocenters. The Morgan fingerprint density at radius 1 is 1.32 bits per heavy atom. The number of carbonyl (C=O) groups is 1. The van der Waals surface area contributed by atoms with Crippen LogP contribution in [-0.2, 0) is 11.2 Å². The first kappa shape index (κ1) is 22.3. The molecule has 1 aliphatic rings. The van der Waals surface area contributed by atoms with E-state index >= 15 is 0 Å². The molecular formula is C18H24Cl2N4O4. The van der Waals surface area contributed by atoms with E-state index in [0.717, 1.165) is 12.8 Å². The average molecular weight is 431 g/mol. The number of likely N-dealkylation sites (tertiary alicyclic amines) is 1. The van der Waals surface area contributed by atoms with Crippen molar-refractivity contribution in [2.45, 2.75) is 31.7 Å². The molecule has 0 spiro atoms. The van der Waals surface area contributed by atoms with Crippen LogP contribution in [0.25, 0.3) is 11.4 Å². The van der Waals surface area contributed by atoms with Crippen LogP contribution in [0.15, 0.2) is 16.7 Å². The van der Waals surface area contributed by atoms with Gasteiger partial charge in [-0.15, -0.1) is 12.4 Å². The molecule has 0 radical (unpaired) electrons. The minimum absolute atomic E-state index is 0. The number of amides is 1. The van der Waals surface area contributed by atoms with Gasteiger partial charge in [-0.05, 0) is 25.0 Å². The summed E-state index contributed by atoms with van der Waals surface area (Å²) in [4.78, 5) is 18.5. The Hall–Kier alpha value is -2.03. The van der Waals surface area contributed by atoms with Gasteiger partial charge in [0.25, 0.3) is 0 Å². The van der Waals surface area contributed by atoms with Crippen molar-refractivity contribution in [2.75, 3.05) is 27.3 Å². The van der Waals surface area contributed by atoms with Gasteiger partial charge in [0.05, 0.1) is 19.2 Å². The second-order valence-corrected chi connectivity index (χ2v) is 6.83. The van der Waals surface area contributed by atoms with Crippen LogP contribution in [0.4, 0.5) is 0 Å². The molecule has 0 bridgehead atoms. The average Bonchev–Trinajstić information content (AvgIpc) is 3.15. The van der Waals surface area contributed by atoms with E-state index in [-0.39, 0.29) is 24.4 Å². The van der Waals surface area contributed by atoms with E-state index in [0.29, 0.717) is 59.7 Å². The normalized spacial score (nSPS) is 14.5. The topological polar surface area (TPSA) is 104 Å². The lowest BCUT2D eigenvalue weighted by Crippen LogP contribution is -2.42. The Labute approximate surface area is 174 Å². The van der Waals surface area contributed by atoms with Crippen molar-refractivity contribution < 1.29 is 18.8 Å². The summed E-state index contributed by atoms with van der Waals surface area (Å²) in [6.07, 6.45) is 2.39. The summed E-state index contributed by atoms with van der Waals surface area (Å²) >= 11 is 6.22. The maximum atomic E-state index is 12.3. The molecule has 1 saturated heterocycles. The number of hydrogen-bond donors (Lipinski definition) is 1. The highest BCUT2D eigenvalue weighted by Crippen LogP contribution is 2.38. The van der Waals surface area contributed by atoms with Crippen molar-refractivity contribution in [3.05, 3.63) is 23.0 Å². The zero-order valence-corrected chi connectivity index (χ0v) is 17.4. The maximum absolute atomic E-state index is 12.3. The molecule has 0 atom stereocenters. The monoisotopic (exact) mass is 430 g/mol. The number of aromatic nitrogens is 2. The second-order valence-electron chi connectivity index (χ2n) is 6.42. The Kier molecular flexibility index (Phi) is 7.91. The third-order valence-corrected chi connectivity index (χ3v) is 4.89. The molecule has 0 saturated carbocycles. The highest BCUT2D eigenvalue weighted by molar-refractivity contribution is 6.32. The number of methoxy groups -OCH3 is 2. The Morgan fingerprint density at radius 2 is 2.04 bits per heavy atom. The Bertz CT molecular complexity index is 807. The van der Waals surface area contributed by atoms with Crippen LogP contribution in [0, 0.1) is 0 Å². The highest BCUT2D eigenvalue weighted by Gasteiger charge is 2.21. The smallest absolute Gasteiger partial charge is 0.227 e. The Morgan fingerprint density at radius 3 is 2.68 bits per heavy atom. The number of nitrogens with zero attached hydrogens (tertiary/aromatic N) is 3. The molecule has 10 heteroatoms. The van der Waals surface area contributed by atoms with Crippen molar-refractivity contribution in [3.63, 3.8) is 0 Å². The van der Waals surface area contributed by atoms with E-state index in [2.05, 4.69) is 10.1 Å². The fraction of sp³-hybridized carbons (Fsp3) is 0.500. The fourth-order valence-electron chi connectivity index (χ4n) is 3.04. The molecule has 1 aromatic carbocycles. The molecule has 2 aromatic rings. The van der Waals surface area contributed by atoms with Crippen LogP contribution in [0.2, 0.25) is 5.02 Å². The number of halogens is 2. The van der Waals surface area contributed by atoms with Gasteiger partial charge in [-0.25, -0.2) is 0 Å². The zero-order valence-electron chi connectivity index (χ0n) is 15.8. The summed E-state index contributed by atoms with van der Waals surface area (Å²) in [5.74, 6) is 1.78. The summed E-state index contributed by atoms with van der Waals surface area (Å²) in [5, 5.41) is 4.36. The molecule has 8 nitrogen and oxygen atoms in total. The molecule has 2 heterocycles. The largest absolute Gasteiger partial charge is 0.493 e. The number of nitrogens with two attached hydrogens (primary N) is 1. The van der Waals surface area contributed by atoms with Crippen molar-refractivity contribution >= 4 is 29.9 Å². The number of carbonyl (C=O) groups excluding carboxylic acids is 1. The van der Waals surface area contributed by atoms with Gasteiger partial charge in [-0.3, -0.25) is 4.79 Å². The minimum atomic E-state index is 0. The number of rotatable bonds is 6. The molecule has 1 aromatic heterocycles. The third kappa shape index (κ3) is 5.06. The van der Waals surface area contributed by atoms with E-state index in [1.54, 1.807) is 12.1 Å². The highest BCUT2D eigenvalue weighted by atomic mass is 35.5. The zero-order chi connectivity index (χ0) is 19.4. The lowest BCUT2D eigenvalue weighted by atomic mass is 10.1. The van der Waals surface area contributed by atoms with Crippen LogP contribution in [0.3, 0.4) is 0 Å². The van der Waals surface area contributed by atoms with E-state index in [1.165, 1.54) is 14.2 Å². The molecule has 2 N–H and O–H groups in total. The van der Waals surface area contributed by atoms with Crippen LogP contribution >= 0.6 is 24.0 Å². The first-order valence-electron chi connectivity index (χ1n) is 8.79. The fourth-order valence-corrected chi connectivity index (χ4v) is 3.33. The standard InChI is InChI=1S/C18H23ClN4O4.ClH/c1-25-14-10-11(9-13(19)17(14)26-2)18-21-15(27-22-18)3-4-16(24)23-7-5-12(20)6-8-23;/h9-10,12H,3-8,20H2,1-2H3;1H. The van der Waals surface area contributed by atoms with Gasteiger partial charge in [-0.2, -0.15) is 4.98 Å². The second kappa shape index (κ2) is 9.95. The van der Waals surface area contributed by atoms with Gasteiger partial charge < -0.3 is 24.6 Å². The lowest BCUT2D eigenvalue weighted by molar-refractivity contribution is -0.132. The lowest BCUT2D eigenvalue weighted by Gasteiger charge is -2.30. The predicted octanol–water partition coefficient (Wildman–Crippen LogP) is 2.71. The predicted molar refractivity (Wildman–Crippen MR) is 107 cm³/mol. The van der Waals surface area contributed by atoms with Gasteiger partial charge >= 0.3 is 0 Å². The SMILES string of the molecule is COc1cc(-c2noc(CCC(=O)N3CCC(N)CC3)n2)cc(Cl)c1OC.Cl. The molecule has 28 heavy (non-hydrogen) atoms. The molecule has 0 aliphatic carbocycles. The Balaban J connectivity index is 0.00000280. The van der Waals surface area contributed by atoms with Gasteiger partial charge in [0.15, 0.2) is 11.5 Å². The first-order valence-corrected chi connectivity index (χ1v) is 9.17. The maximum Gasteiger partial charge on any atom is 0.227 e. The van der Waals surface area contributed by atoms with E-state index in [9.17, 15) is 4.79 Å². The van der Waals surface area contributed by atoms with E-state index < -0.39 is 0 Å². The van der Waals surface area contributed by atoms with Crippen molar-refractivity contribution in [1.29, 1.82) is 0 Å². The molecule has 1 amide bonds. The van der Waals surface area contributed by atoms with E-state index in [4.69, 9.17) is 31.3 Å². The molecule has 3 rings (SSSR count). The summed E-state index contributed by atoms with van der Waals surface area (Å²) in [6.45, 7) is 1.42. The molecule has 1 aliphatic heterocycles. The number of hydrogen-bond acceptors (Lipinski definition) is 7. The molecular weight excluding hydrogens is 407 g/mol. The van der Waals surface area contributed by atoms with Crippen LogP contribution in [-0.4, -0.2) is 54.3 Å². The van der Waals surface area contributed by atoms with Crippen LogP contribution in [0.5, 0.6) is 11.5 Å². The van der Waals surface area contributed by atoms with Crippen LogP contribution < -0.4 is 15.2 Å². The first-order chi connectivity index (χ1) is 13.0. The quantitative estimate of drug-likeness (QED) is 0.750. The van der Waals surface area contributed by atoms with Gasteiger partial charge in [0, 0.05) is 37.5 Å². The van der Waals surface area contributed by atoms with Gasteiger partial charge in [-0.1, -0.05) is 16.8 Å². The number of ether oxygens (including phenoxy) is 2. The van der Waals surface area contributed by atoms with Gasteiger partial charge in [0.2, 0.25) is 17.6 Å². The third-order valence-electron chi connectivity index (χ3n) is 4.60. The molecule has 1 fully saturated rings. The molecule has 154 valence electrons. The van der Waals surface area contributed by atoms with Crippen molar-refractivity contribution in [2.24, 2.45) is 5.73 Å². The van der Waals surface area contributed by atoms with E-state index in [1.807, 2.05) is 4.90 Å². The number of piperidine rings is 1. The van der Waals surface area contributed by atoms with Crippen molar-refractivity contribution in [3.8, 4) is 22.9 Å². The minimum Gasteiger partial charge on any atom is -0.493 e.